The molecule has 0 aliphatic carbocycles. The van der Waals surface area contributed by atoms with Crippen LogP contribution in [0.25, 0.3) is 0 Å². The molecule has 0 aliphatic rings. The molecule has 1 aromatic carbocycles. The summed E-state index contributed by atoms with van der Waals surface area (Å²) in [5.74, 6) is 0. The molecule has 0 radical (unpaired) electrons. The fourth-order valence-corrected chi connectivity index (χ4v) is 2.17. The van der Waals surface area contributed by atoms with Crippen LogP contribution < -0.4 is 5.32 Å². The van der Waals surface area contributed by atoms with Crippen LogP contribution in [0, 0.1) is 0 Å². The number of hydrogen-bond acceptors (Lipinski definition) is 4. The number of ether oxygens (including phenoxy) is 1. The SMILES string of the molecule is COCCNCc1cn(CCCCc2ccccc2)nn1. The van der Waals surface area contributed by atoms with Crippen molar-refractivity contribution < 1.29 is 4.74 Å². The van der Waals surface area contributed by atoms with E-state index < -0.39 is 0 Å². The summed E-state index contributed by atoms with van der Waals surface area (Å²) in [6, 6.07) is 10.6. The van der Waals surface area contributed by atoms with Crippen LogP contribution in [-0.4, -0.2) is 35.3 Å². The van der Waals surface area contributed by atoms with Crippen molar-refractivity contribution in [2.24, 2.45) is 0 Å². The normalized spacial score (nSPS) is 10.9. The number of aryl methyl sites for hydroxylation is 2. The lowest BCUT2D eigenvalue weighted by Crippen LogP contribution is -2.18. The quantitative estimate of drug-likeness (QED) is 0.680. The molecule has 0 bridgehead atoms. The van der Waals surface area contributed by atoms with Crippen molar-refractivity contribution in [3.05, 3.63) is 47.8 Å². The minimum absolute atomic E-state index is 0.716. The van der Waals surface area contributed by atoms with Gasteiger partial charge in [-0.3, -0.25) is 4.68 Å². The Labute approximate surface area is 126 Å². The number of aromatic nitrogens is 3. The Kier molecular flexibility index (Phi) is 6.91. The third kappa shape index (κ3) is 6.06. The topological polar surface area (TPSA) is 52.0 Å². The average Bonchev–Trinajstić information content (AvgIpc) is 2.97. The highest BCUT2D eigenvalue weighted by atomic mass is 16.5. The summed E-state index contributed by atoms with van der Waals surface area (Å²) in [5.41, 5.74) is 2.38. The van der Waals surface area contributed by atoms with Crippen molar-refractivity contribution >= 4 is 0 Å². The van der Waals surface area contributed by atoms with Gasteiger partial charge in [0.2, 0.25) is 0 Å². The van der Waals surface area contributed by atoms with Crippen LogP contribution in [0.4, 0.5) is 0 Å². The van der Waals surface area contributed by atoms with Gasteiger partial charge in [0, 0.05) is 32.9 Å². The van der Waals surface area contributed by atoms with Crippen molar-refractivity contribution in [1.29, 1.82) is 0 Å². The summed E-state index contributed by atoms with van der Waals surface area (Å²) in [4.78, 5) is 0. The lowest BCUT2D eigenvalue weighted by molar-refractivity contribution is 0.199. The molecule has 0 amide bonds. The van der Waals surface area contributed by atoms with Crippen LogP contribution >= 0.6 is 0 Å². The zero-order chi connectivity index (χ0) is 14.8. The summed E-state index contributed by atoms with van der Waals surface area (Å²) in [6.07, 6.45) is 5.43. The van der Waals surface area contributed by atoms with Gasteiger partial charge in [0.15, 0.2) is 0 Å². The summed E-state index contributed by atoms with van der Waals surface area (Å²) in [5, 5.41) is 11.6. The van der Waals surface area contributed by atoms with Gasteiger partial charge in [-0.2, -0.15) is 0 Å². The Morgan fingerprint density at radius 1 is 1.19 bits per heavy atom. The highest BCUT2D eigenvalue weighted by Gasteiger charge is 2.00. The number of nitrogens with one attached hydrogen (secondary N) is 1. The fraction of sp³-hybridized carbons (Fsp3) is 0.500. The molecule has 1 heterocycles. The second-order valence-electron chi connectivity index (χ2n) is 5.09. The second kappa shape index (κ2) is 9.26. The van der Waals surface area contributed by atoms with Gasteiger partial charge < -0.3 is 10.1 Å². The summed E-state index contributed by atoms with van der Waals surface area (Å²) in [7, 11) is 1.70. The van der Waals surface area contributed by atoms with Gasteiger partial charge in [-0.05, 0) is 24.8 Å². The molecule has 0 fully saturated rings. The zero-order valence-electron chi connectivity index (χ0n) is 12.7. The van der Waals surface area contributed by atoms with Gasteiger partial charge >= 0.3 is 0 Å². The van der Waals surface area contributed by atoms with Crippen molar-refractivity contribution in [3.63, 3.8) is 0 Å². The molecular formula is C16H24N4O. The largest absolute Gasteiger partial charge is 0.383 e. The van der Waals surface area contributed by atoms with Crippen LogP contribution in [-0.2, 0) is 24.2 Å². The van der Waals surface area contributed by atoms with Crippen LogP contribution in [0.1, 0.15) is 24.1 Å². The molecule has 114 valence electrons. The molecule has 2 rings (SSSR count). The van der Waals surface area contributed by atoms with Gasteiger partial charge in [-0.15, -0.1) is 5.10 Å². The van der Waals surface area contributed by atoms with Crippen LogP contribution in [0.15, 0.2) is 36.5 Å². The number of rotatable bonds is 10. The van der Waals surface area contributed by atoms with E-state index >= 15 is 0 Å². The predicted molar refractivity (Wildman–Crippen MR) is 83.0 cm³/mol. The number of hydrogen-bond donors (Lipinski definition) is 1. The molecule has 21 heavy (non-hydrogen) atoms. The molecular weight excluding hydrogens is 264 g/mol. The van der Waals surface area contributed by atoms with E-state index in [2.05, 4.69) is 46.0 Å². The smallest absolute Gasteiger partial charge is 0.0964 e. The number of benzene rings is 1. The van der Waals surface area contributed by atoms with E-state index in [0.29, 0.717) is 6.61 Å². The first-order valence-electron chi connectivity index (χ1n) is 7.51. The second-order valence-corrected chi connectivity index (χ2v) is 5.09. The molecule has 0 aliphatic heterocycles. The monoisotopic (exact) mass is 288 g/mol. The third-order valence-corrected chi connectivity index (χ3v) is 3.32. The number of unbranched alkanes of at least 4 members (excludes halogenated alkanes) is 1. The van der Waals surface area contributed by atoms with Crippen molar-refractivity contribution in [2.75, 3.05) is 20.3 Å². The van der Waals surface area contributed by atoms with Gasteiger partial charge in [0.1, 0.15) is 0 Å². The van der Waals surface area contributed by atoms with E-state index in [0.717, 1.165) is 38.2 Å². The van der Waals surface area contributed by atoms with Gasteiger partial charge in [-0.25, -0.2) is 0 Å². The molecule has 0 saturated heterocycles. The fourth-order valence-electron chi connectivity index (χ4n) is 2.17. The van der Waals surface area contributed by atoms with Crippen LogP contribution in [0.5, 0.6) is 0 Å². The predicted octanol–water partition coefficient (Wildman–Crippen LogP) is 2.04. The van der Waals surface area contributed by atoms with Crippen molar-refractivity contribution in [3.8, 4) is 0 Å². The summed E-state index contributed by atoms with van der Waals surface area (Å²) < 4.78 is 6.91. The maximum Gasteiger partial charge on any atom is 0.0964 e. The molecule has 5 heteroatoms. The Morgan fingerprint density at radius 3 is 2.86 bits per heavy atom. The van der Waals surface area contributed by atoms with E-state index in [1.54, 1.807) is 7.11 Å². The molecule has 0 saturated carbocycles. The average molecular weight is 288 g/mol. The Balaban J connectivity index is 1.61. The first-order chi connectivity index (χ1) is 10.4. The molecule has 0 unspecified atom stereocenters. The first kappa shape index (κ1) is 15.7. The molecule has 0 atom stereocenters. The molecule has 1 aromatic heterocycles. The highest BCUT2D eigenvalue weighted by Crippen LogP contribution is 2.05. The number of methoxy groups -OCH3 is 1. The molecule has 0 spiro atoms. The molecule has 1 N–H and O–H groups in total. The first-order valence-corrected chi connectivity index (χ1v) is 7.51. The third-order valence-electron chi connectivity index (χ3n) is 3.32. The van der Waals surface area contributed by atoms with Gasteiger partial charge in [-0.1, -0.05) is 35.5 Å². The summed E-state index contributed by atoms with van der Waals surface area (Å²) >= 11 is 0. The van der Waals surface area contributed by atoms with E-state index in [1.165, 1.54) is 12.0 Å². The summed E-state index contributed by atoms with van der Waals surface area (Å²) in [6.45, 7) is 3.22. The van der Waals surface area contributed by atoms with E-state index in [9.17, 15) is 0 Å². The van der Waals surface area contributed by atoms with E-state index in [4.69, 9.17) is 4.74 Å². The lowest BCUT2D eigenvalue weighted by Gasteiger charge is -2.02. The Morgan fingerprint density at radius 2 is 2.05 bits per heavy atom. The Bertz CT molecular complexity index is 498. The van der Waals surface area contributed by atoms with E-state index in [-0.39, 0.29) is 0 Å². The van der Waals surface area contributed by atoms with Crippen molar-refractivity contribution in [2.45, 2.75) is 32.4 Å². The standard InChI is InChI=1S/C16H24N4O/c1-21-12-10-17-13-16-14-20(19-18-16)11-6-5-9-15-7-3-2-4-8-15/h2-4,7-8,14,17H,5-6,9-13H2,1H3. The molecule has 5 nitrogen and oxygen atoms in total. The van der Waals surface area contributed by atoms with E-state index in [1.807, 2.05) is 10.9 Å². The molecule has 2 aromatic rings. The minimum Gasteiger partial charge on any atom is -0.383 e. The Hall–Kier alpha value is -1.72. The van der Waals surface area contributed by atoms with Gasteiger partial charge in [0.25, 0.3) is 0 Å². The van der Waals surface area contributed by atoms with Gasteiger partial charge in [0.05, 0.1) is 12.3 Å². The van der Waals surface area contributed by atoms with Crippen LogP contribution in [0.2, 0.25) is 0 Å². The zero-order valence-corrected chi connectivity index (χ0v) is 12.7. The maximum atomic E-state index is 4.98. The van der Waals surface area contributed by atoms with Crippen molar-refractivity contribution in [1.82, 2.24) is 20.3 Å². The lowest BCUT2D eigenvalue weighted by atomic mass is 10.1. The minimum atomic E-state index is 0.716. The highest BCUT2D eigenvalue weighted by molar-refractivity contribution is 5.14. The number of nitrogens with zero attached hydrogens (tertiary/aromatic N) is 3. The van der Waals surface area contributed by atoms with Crippen LogP contribution in [0.3, 0.4) is 0 Å². The maximum absolute atomic E-state index is 4.98.